The van der Waals surface area contributed by atoms with E-state index in [-0.39, 0.29) is 18.4 Å². The van der Waals surface area contributed by atoms with Gasteiger partial charge in [-0.25, -0.2) is 0 Å². The number of benzene rings is 3. The van der Waals surface area contributed by atoms with Crippen LogP contribution in [-0.4, -0.2) is 36.5 Å². The summed E-state index contributed by atoms with van der Waals surface area (Å²) >= 11 is 0. The number of carbonyl (C=O) groups excluding carboxylic acids is 3. The first kappa shape index (κ1) is 23.7. The minimum Gasteiger partial charge on any atom is -0.464 e. The molecule has 3 aromatic carbocycles. The second kappa shape index (κ2) is 12.2. The van der Waals surface area contributed by atoms with E-state index in [1.54, 1.807) is 24.3 Å². The molecule has 6 nitrogen and oxygen atoms in total. The fourth-order valence-corrected chi connectivity index (χ4v) is 3.46. The first-order valence-corrected chi connectivity index (χ1v) is 10.9. The highest BCUT2D eigenvalue weighted by atomic mass is 16.5. The fraction of sp³-hybridized carbons (Fsp3) is 0.222. The highest BCUT2D eigenvalue weighted by Gasteiger charge is 2.25. The van der Waals surface area contributed by atoms with Gasteiger partial charge in [-0.05, 0) is 29.7 Å². The Morgan fingerprint density at radius 2 is 1.24 bits per heavy atom. The van der Waals surface area contributed by atoms with E-state index in [0.29, 0.717) is 18.4 Å². The third kappa shape index (κ3) is 7.92. The van der Waals surface area contributed by atoms with Crippen molar-refractivity contribution in [2.75, 3.05) is 6.61 Å². The maximum atomic E-state index is 13.3. The number of rotatable bonds is 10. The summed E-state index contributed by atoms with van der Waals surface area (Å²) in [6.45, 7) is 1.38. The lowest BCUT2D eigenvalue weighted by molar-refractivity contribution is -0.142. The normalized spacial score (nSPS) is 12.3. The molecule has 0 radical (unpaired) electrons. The first-order valence-electron chi connectivity index (χ1n) is 10.9. The molecule has 0 spiro atoms. The second-order valence-corrected chi connectivity index (χ2v) is 7.78. The van der Waals surface area contributed by atoms with Gasteiger partial charge in [-0.2, -0.15) is 0 Å². The molecule has 170 valence electrons. The molecule has 0 saturated heterocycles. The molecule has 3 aromatic rings. The number of esters is 1. The maximum Gasteiger partial charge on any atom is 0.302 e. The number of ether oxygens (including phenoxy) is 1. The van der Waals surface area contributed by atoms with Gasteiger partial charge in [0.25, 0.3) is 5.91 Å². The lowest BCUT2D eigenvalue weighted by atomic mass is 10.0. The van der Waals surface area contributed by atoms with Crippen LogP contribution in [0, 0.1) is 0 Å². The Morgan fingerprint density at radius 3 is 1.79 bits per heavy atom. The number of hydrogen-bond acceptors (Lipinski definition) is 4. The van der Waals surface area contributed by atoms with Crippen LogP contribution in [0.4, 0.5) is 0 Å². The van der Waals surface area contributed by atoms with E-state index in [0.717, 1.165) is 11.1 Å². The van der Waals surface area contributed by atoms with E-state index in [9.17, 15) is 14.4 Å². The van der Waals surface area contributed by atoms with E-state index in [1.807, 2.05) is 66.7 Å². The van der Waals surface area contributed by atoms with Gasteiger partial charge in [0.2, 0.25) is 5.91 Å². The van der Waals surface area contributed by atoms with Gasteiger partial charge in [-0.1, -0.05) is 78.9 Å². The zero-order valence-corrected chi connectivity index (χ0v) is 18.6. The molecule has 3 rings (SSSR count). The van der Waals surface area contributed by atoms with Crippen LogP contribution in [0.15, 0.2) is 91.0 Å². The largest absolute Gasteiger partial charge is 0.464 e. The lowest BCUT2D eigenvalue weighted by Crippen LogP contribution is -2.52. The zero-order valence-electron chi connectivity index (χ0n) is 18.6. The highest BCUT2D eigenvalue weighted by Crippen LogP contribution is 2.08. The van der Waals surface area contributed by atoms with Crippen LogP contribution < -0.4 is 10.6 Å². The average Bonchev–Trinajstić information content (AvgIpc) is 2.84. The van der Waals surface area contributed by atoms with Gasteiger partial charge in [0.05, 0.1) is 6.04 Å². The summed E-state index contributed by atoms with van der Waals surface area (Å²) in [5.74, 6) is -1.08. The lowest BCUT2D eigenvalue weighted by Gasteiger charge is -2.24. The van der Waals surface area contributed by atoms with Gasteiger partial charge in [-0.15, -0.1) is 0 Å². The molecule has 0 unspecified atom stereocenters. The smallest absolute Gasteiger partial charge is 0.302 e. The van der Waals surface area contributed by atoms with Crippen molar-refractivity contribution >= 4 is 17.8 Å². The molecule has 0 saturated carbocycles. The zero-order chi connectivity index (χ0) is 23.5. The molecule has 6 heteroatoms. The summed E-state index contributed by atoms with van der Waals surface area (Å²) in [5.41, 5.74) is 2.40. The molecular formula is C27H28N2O4. The standard InChI is InChI=1S/C27H28N2O4/c1-20(30)33-19-24(17-21-11-5-2-6-12-21)28-27(32)25(18-22-13-7-3-8-14-22)29-26(31)23-15-9-4-10-16-23/h2-16,24-25H,17-19H2,1H3,(H,28,32)(H,29,31)/t24-,25-/m0/s1. The minimum absolute atomic E-state index is 0.0423. The van der Waals surface area contributed by atoms with E-state index in [1.165, 1.54) is 6.92 Å². The SMILES string of the molecule is CC(=O)OC[C@H](Cc1ccccc1)NC(=O)[C@H](Cc1ccccc1)NC(=O)c1ccccc1. The van der Waals surface area contributed by atoms with Crippen LogP contribution in [-0.2, 0) is 27.2 Å². The van der Waals surface area contributed by atoms with Gasteiger partial charge < -0.3 is 15.4 Å². The summed E-state index contributed by atoms with van der Waals surface area (Å²) in [5, 5.41) is 5.82. The summed E-state index contributed by atoms with van der Waals surface area (Å²) in [6, 6.07) is 26.7. The highest BCUT2D eigenvalue weighted by molar-refractivity contribution is 5.97. The van der Waals surface area contributed by atoms with Crippen molar-refractivity contribution < 1.29 is 19.1 Å². The Kier molecular flexibility index (Phi) is 8.77. The Morgan fingerprint density at radius 1 is 0.727 bits per heavy atom. The monoisotopic (exact) mass is 444 g/mol. The molecular weight excluding hydrogens is 416 g/mol. The molecule has 33 heavy (non-hydrogen) atoms. The third-order valence-corrected chi connectivity index (χ3v) is 5.10. The van der Waals surface area contributed by atoms with Crippen LogP contribution in [0.2, 0.25) is 0 Å². The Hall–Kier alpha value is -3.93. The van der Waals surface area contributed by atoms with Crippen molar-refractivity contribution in [3.63, 3.8) is 0 Å². The molecule has 0 aliphatic rings. The topological polar surface area (TPSA) is 84.5 Å². The first-order chi connectivity index (χ1) is 16.0. The van der Waals surface area contributed by atoms with Crippen LogP contribution in [0.1, 0.15) is 28.4 Å². The number of carbonyl (C=O) groups is 3. The van der Waals surface area contributed by atoms with Crippen molar-refractivity contribution in [2.45, 2.75) is 31.8 Å². The number of amides is 2. The maximum absolute atomic E-state index is 13.3. The van der Waals surface area contributed by atoms with Crippen LogP contribution >= 0.6 is 0 Å². The molecule has 2 amide bonds. The van der Waals surface area contributed by atoms with E-state index >= 15 is 0 Å². The molecule has 0 fully saturated rings. The Bertz CT molecular complexity index is 1040. The molecule has 2 N–H and O–H groups in total. The van der Waals surface area contributed by atoms with Gasteiger partial charge >= 0.3 is 5.97 Å². The van der Waals surface area contributed by atoms with Gasteiger partial charge in [0.1, 0.15) is 12.6 Å². The van der Waals surface area contributed by atoms with E-state index < -0.39 is 18.1 Å². The molecule has 0 aromatic heterocycles. The quantitative estimate of drug-likeness (QED) is 0.470. The molecule has 2 atom stereocenters. The average molecular weight is 445 g/mol. The Labute approximate surface area is 194 Å². The summed E-state index contributed by atoms with van der Waals surface area (Å²) in [4.78, 5) is 37.4. The summed E-state index contributed by atoms with van der Waals surface area (Å²) < 4.78 is 5.18. The van der Waals surface area contributed by atoms with Crippen LogP contribution in [0.5, 0.6) is 0 Å². The van der Waals surface area contributed by atoms with Crippen LogP contribution in [0.25, 0.3) is 0 Å². The third-order valence-electron chi connectivity index (χ3n) is 5.10. The summed E-state index contributed by atoms with van der Waals surface area (Å²) in [7, 11) is 0. The van der Waals surface area contributed by atoms with E-state index in [2.05, 4.69) is 10.6 Å². The minimum atomic E-state index is -0.796. The van der Waals surface area contributed by atoms with Crippen molar-refractivity contribution in [2.24, 2.45) is 0 Å². The molecule has 0 heterocycles. The van der Waals surface area contributed by atoms with Gasteiger partial charge in [0, 0.05) is 18.9 Å². The van der Waals surface area contributed by atoms with Crippen molar-refractivity contribution in [1.82, 2.24) is 10.6 Å². The molecule has 0 bridgehead atoms. The van der Waals surface area contributed by atoms with Crippen molar-refractivity contribution in [3.05, 3.63) is 108 Å². The van der Waals surface area contributed by atoms with Crippen molar-refractivity contribution in [1.29, 1.82) is 0 Å². The van der Waals surface area contributed by atoms with Gasteiger partial charge in [0.15, 0.2) is 0 Å². The summed E-state index contributed by atoms with van der Waals surface area (Å²) in [6.07, 6.45) is 0.821. The van der Waals surface area contributed by atoms with E-state index in [4.69, 9.17) is 4.74 Å². The van der Waals surface area contributed by atoms with Crippen molar-refractivity contribution in [3.8, 4) is 0 Å². The number of nitrogens with one attached hydrogen (secondary N) is 2. The van der Waals surface area contributed by atoms with Crippen LogP contribution in [0.3, 0.4) is 0 Å². The van der Waals surface area contributed by atoms with Gasteiger partial charge in [-0.3, -0.25) is 14.4 Å². The predicted octanol–water partition coefficient (Wildman–Crippen LogP) is 3.32. The Balaban J connectivity index is 1.76. The fourth-order valence-electron chi connectivity index (χ4n) is 3.46. The molecule has 0 aliphatic carbocycles. The second-order valence-electron chi connectivity index (χ2n) is 7.78. The number of hydrogen-bond donors (Lipinski definition) is 2. The molecule has 0 aliphatic heterocycles. The predicted molar refractivity (Wildman–Crippen MR) is 127 cm³/mol.